The Kier molecular flexibility index (Phi) is 21.2. The van der Waals surface area contributed by atoms with Crippen LogP contribution in [-0.2, 0) is 72.2 Å². The molecule has 14 heteroatoms. The number of nitrogens with one attached hydrogen (secondary N) is 1. The maximum Gasteiger partial charge on any atom is 0.0155 e. The molecule has 10 nitrogen and oxygen atoms in total. The molecule has 0 amide bonds. The Balaban J connectivity index is 0.000000200. The summed E-state index contributed by atoms with van der Waals surface area (Å²) in [4.78, 5) is 3.77. The van der Waals surface area contributed by atoms with Gasteiger partial charge in [-0.2, -0.15) is 6.20 Å². The van der Waals surface area contributed by atoms with Crippen molar-refractivity contribution >= 4 is 31.5 Å². The number of rotatable bonds is 0. The summed E-state index contributed by atoms with van der Waals surface area (Å²) in [5, 5.41) is 19.2. The van der Waals surface area contributed by atoms with E-state index in [1.54, 1.807) is 18.5 Å². The summed E-state index contributed by atoms with van der Waals surface area (Å²) in [6, 6.07) is 0. The number of allylic oxidation sites excluding steroid dienone is 1. The summed E-state index contributed by atoms with van der Waals surface area (Å²) in [7, 11) is 0. The maximum absolute atomic E-state index is 9.76. The van der Waals surface area contributed by atoms with Gasteiger partial charge < -0.3 is 56.8 Å². The van der Waals surface area contributed by atoms with E-state index in [2.05, 4.69) is 48.3 Å². The van der Waals surface area contributed by atoms with Gasteiger partial charge in [-0.1, -0.05) is 51.0 Å². The van der Waals surface area contributed by atoms with Crippen molar-refractivity contribution in [3.05, 3.63) is 33.5 Å². The second-order valence-corrected chi connectivity index (χ2v) is 14.2. The van der Waals surface area contributed by atoms with Gasteiger partial charge in [-0.15, -0.1) is 38.2 Å². The zero-order valence-electron chi connectivity index (χ0n) is 18.1. The van der Waals surface area contributed by atoms with Gasteiger partial charge in [0.25, 0.3) is 0 Å². The molecule has 32 heavy (non-hydrogen) atoms. The van der Waals surface area contributed by atoms with Gasteiger partial charge >= 0.3 is 47.0 Å². The van der Waals surface area contributed by atoms with Crippen LogP contribution < -0.4 is 5.32 Å². The van der Waals surface area contributed by atoms with E-state index in [1.807, 2.05) is 0 Å². The summed E-state index contributed by atoms with van der Waals surface area (Å²) in [6.07, 6.45) is 14.4. The Morgan fingerprint density at radius 3 is 1.56 bits per heavy atom. The molecule has 5 heterocycles. The molecule has 5 aliphatic rings. The number of hydrogen-bond donors (Lipinski definition) is 1. The first-order valence-electron chi connectivity index (χ1n) is 10.7. The van der Waals surface area contributed by atoms with Gasteiger partial charge in [0, 0.05) is 6.21 Å². The fraction of sp³-hybridized carbons (Fsp3) is 0.833. The summed E-state index contributed by atoms with van der Waals surface area (Å²) in [5.74, 6) is 0. The van der Waals surface area contributed by atoms with E-state index in [0.717, 1.165) is 45.7 Å². The Bertz CT molecular complexity index is 507. The molecule has 0 bridgehead atoms. The molecule has 0 aliphatic carbocycles. The number of aliphatic imine (C=N–C) groups is 1. The molecule has 5 rings (SSSR count). The van der Waals surface area contributed by atoms with Crippen molar-refractivity contribution in [1.29, 1.82) is 0 Å². The van der Waals surface area contributed by atoms with E-state index in [9.17, 15) is 6.80 Å². The van der Waals surface area contributed by atoms with Crippen LogP contribution in [0.3, 0.4) is 0 Å². The second kappa shape index (κ2) is 22.1. The third-order valence-corrected chi connectivity index (χ3v) is 12.1. The van der Waals surface area contributed by atoms with Crippen LogP contribution in [-0.4, -0.2) is 56.5 Å². The van der Waals surface area contributed by atoms with Crippen LogP contribution in [0.15, 0.2) is 17.3 Å². The minimum Gasteiger partial charge on any atom is -0.797 e. The zero-order valence-corrected chi connectivity index (χ0v) is 23.7. The molecular weight excluding hydrogens is 620 g/mol. The average Bonchev–Trinajstić information content (AvgIpc) is 2.83. The van der Waals surface area contributed by atoms with Crippen molar-refractivity contribution in [2.24, 2.45) is 4.99 Å². The molecule has 0 spiro atoms. The molecular formula is C18H32Mo2N6O4S2-6. The van der Waals surface area contributed by atoms with Gasteiger partial charge in [0.05, 0.1) is 0 Å². The summed E-state index contributed by atoms with van der Waals surface area (Å²) >= 11 is 3.98. The van der Waals surface area contributed by atoms with E-state index in [0.29, 0.717) is 0 Å². The maximum atomic E-state index is 9.76. The molecule has 188 valence electrons. The fourth-order valence-electron chi connectivity index (χ4n) is 2.47. The van der Waals surface area contributed by atoms with Crippen LogP contribution in [0.1, 0.15) is 44.9 Å². The molecule has 0 saturated carbocycles. The Morgan fingerprint density at radius 2 is 1.41 bits per heavy atom. The number of nitrogens with zero attached hydrogens (tertiary/aromatic N) is 5. The van der Waals surface area contributed by atoms with Gasteiger partial charge in [0.1, 0.15) is 0 Å². The Hall–Kier alpha value is 0.647. The monoisotopic (exact) mass is 656 g/mol. The van der Waals surface area contributed by atoms with E-state index < -0.39 is 36.1 Å². The van der Waals surface area contributed by atoms with E-state index >= 15 is 0 Å². The van der Waals surface area contributed by atoms with Crippen LogP contribution in [0.25, 0.3) is 21.3 Å². The van der Waals surface area contributed by atoms with Crippen LogP contribution in [0.2, 0.25) is 0 Å². The SMILES string of the molecule is C1CC[N-]CC1.C1CC[N-]CC1.[O]=[Mo]1[O][Mo](=[O])[O]1.[S-]C1N=CC=C[N-]1.[S-]C1[N-]CCCN1. The molecule has 0 aromatic carbocycles. The van der Waals surface area contributed by atoms with E-state index in [4.69, 9.17) is 12.6 Å². The van der Waals surface area contributed by atoms with E-state index in [-0.39, 0.29) is 11.0 Å². The molecule has 4 saturated heterocycles. The van der Waals surface area contributed by atoms with Crippen molar-refractivity contribution < 1.29 is 47.0 Å². The predicted octanol–water partition coefficient (Wildman–Crippen LogP) is 3.68. The summed E-state index contributed by atoms with van der Waals surface area (Å²) < 4.78 is 27.8. The number of hydrogen-bond acceptors (Lipinski definition) is 8. The molecule has 4 fully saturated rings. The average molecular weight is 653 g/mol. The molecule has 5 aliphatic heterocycles. The number of piperidine rings is 2. The topological polar surface area (TPSA) is 133 Å². The largest absolute Gasteiger partial charge is 0.797 e. The van der Waals surface area contributed by atoms with Gasteiger partial charge in [-0.3, -0.25) is 0 Å². The van der Waals surface area contributed by atoms with Crippen molar-refractivity contribution in [3.8, 4) is 0 Å². The third kappa shape index (κ3) is 20.1. The third-order valence-electron chi connectivity index (χ3n) is 4.04. The first-order valence-corrected chi connectivity index (χ1v) is 16.5. The van der Waals surface area contributed by atoms with Crippen molar-refractivity contribution in [2.45, 2.75) is 55.9 Å². The molecule has 1 N–H and O–H groups in total. The van der Waals surface area contributed by atoms with Gasteiger partial charge in [-0.05, 0) is 6.54 Å². The van der Waals surface area contributed by atoms with Crippen LogP contribution in [0.5, 0.6) is 0 Å². The molecule has 2 atom stereocenters. The predicted molar refractivity (Wildman–Crippen MR) is 122 cm³/mol. The summed E-state index contributed by atoms with van der Waals surface area (Å²) in [5.41, 5.74) is -0.279. The van der Waals surface area contributed by atoms with Crippen molar-refractivity contribution in [3.63, 3.8) is 0 Å². The molecule has 0 radical (unpaired) electrons. The first kappa shape index (κ1) is 30.7. The quantitative estimate of drug-likeness (QED) is 0.312. The molecule has 0 aromatic rings. The standard InChI is InChI=1S/2C5H10N.C4H9N2S.C4H5N2S.2Mo.4O/c2*1-2-4-6-5-3-1;2*7-4-5-2-1-3-6-4;;;;;;/h2*1-5H2;4-5,7H,1-3H2;1-4H,(H-,5,6,7);;;;;;/q4*-1;;;;;;/p-2. The Morgan fingerprint density at radius 1 is 0.844 bits per heavy atom. The second-order valence-electron chi connectivity index (χ2n) is 6.69. The van der Waals surface area contributed by atoms with Crippen LogP contribution >= 0.6 is 0 Å². The normalized spacial score (nSPS) is 27.2. The van der Waals surface area contributed by atoms with Crippen molar-refractivity contribution in [2.75, 3.05) is 39.3 Å². The minimum atomic E-state index is -2.75. The fourth-order valence-corrected chi connectivity index (χ4v) is 6.09. The summed E-state index contributed by atoms with van der Waals surface area (Å²) in [6.45, 7) is 6.48. The molecule has 2 unspecified atom stereocenters. The van der Waals surface area contributed by atoms with Crippen molar-refractivity contribution in [1.82, 2.24) is 5.32 Å². The van der Waals surface area contributed by atoms with Gasteiger partial charge in [0.15, 0.2) is 0 Å². The molecule has 0 aromatic heterocycles. The Labute approximate surface area is 216 Å². The minimum absolute atomic E-state index is 0.00579. The smallest absolute Gasteiger partial charge is 0.0155 e. The first-order chi connectivity index (χ1) is 15.6. The van der Waals surface area contributed by atoms with E-state index in [1.165, 1.54) is 38.5 Å². The van der Waals surface area contributed by atoms with Crippen LogP contribution in [0, 0.1) is 0 Å². The zero-order chi connectivity index (χ0) is 23.3. The van der Waals surface area contributed by atoms with Gasteiger partial charge in [-0.25, -0.2) is 5.50 Å². The van der Waals surface area contributed by atoms with Gasteiger partial charge in [0.2, 0.25) is 0 Å². The van der Waals surface area contributed by atoms with Crippen LogP contribution in [0.4, 0.5) is 0 Å².